The minimum absolute atomic E-state index is 0.0423. The molecule has 1 aliphatic heterocycles. The number of rotatable bonds is 14. The highest BCUT2D eigenvalue weighted by Crippen LogP contribution is 2.35. The molecule has 2 rings (SSSR count). The predicted octanol–water partition coefficient (Wildman–Crippen LogP) is 2.84. The number of likely N-dealkylation sites (N-methyl/N-ethyl adjacent to an activating group) is 1. The van der Waals surface area contributed by atoms with E-state index in [0.717, 1.165) is 12.8 Å². The molecule has 2 unspecified atom stereocenters. The second kappa shape index (κ2) is 16.5. The summed E-state index contributed by atoms with van der Waals surface area (Å²) in [5.74, 6) is -2.31. The van der Waals surface area contributed by atoms with Crippen molar-refractivity contribution in [2.75, 3.05) is 33.8 Å². The van der Waals surface area contributed by atoms with E-state index in [-0.39, 0.29) is 30.8 Å². The van der Waals surface area contributed by atoms with Gasteiger partial charge < -0.3 is 35.8 Å². The Morgan fingerprint density at radius 2 is 1.57 bits per heavy atom. The molecule has 2 fully saturated rings. The zero-order valence-corrected chi connectivity index (χ0v) is 30.0. The van der Waals surface area contributed by atoms with E-state index < -0.39 is 70.6 Å². The number of Topliss-reactive ketones (excluding diaryl/α,β-unsaturated/α-hetero) is 1. The van der Waals surface area contributed by atoms with Crippen molar-refractivity contribution in [3.8, 4) is 0 Å². The molecule has 0 radical (unpaired) electrons. The van der Waals surface area contributed by atoms with Gasteiger partial charge in [-0.25, -0.2) is 9.59 Å². The van der Waals surface area contributed by atoms with Crippen LogP contribution < -0.4 is 21.3 Å². The molecule has 13 heteroatoms. The van der Waals surface area contributed by atoms with Gasteiger partial charge in [0.2, 0.25) is 17.6 Å². The zero-order valence-electron chi connectivity index (χ0n) is 30.0. The molecule has 0 aromatic heterocycles. The van der Waals surface area contributed by atoms with E-state index in [9.17, 15) is 28.8 Å². The Bertz CT molecular complexity index is 1170. The number of hydrogen-bond donors (Lipinski definition) is 4. The molecular weight excluding hydrogens is 604 g/mol. The summed E-state index contributed by atoms with van der Waals surface area (Å²) in [5, 5.41) is 11.1. The minimum atomic E-state index is -1.01. The number of ketones is 1. The van der Waals surface area contributed by atoms with E-state index in [1.54, 1.807) is 7.05 Å². The van der Waals surface area contributed by atoms with E-state index in [4.69, 9.17) is 4.74 Å². The van der Waals surface area contributed by atoms with Crippen LogP contribution in [0, 0.1) is 28.6 Å². The standard InChI is InChI=1S/C34H58N6O7/c1-12-16-35-29(43)26(41)23(18-21-13-14-21)36-28(42)25-22(20(2)3)15-17-40(25)30(44)27(34(7,8)9)38-31(45)37-24(33(4,5)6)19-39(10)32(46)47-11/h12,20-25,27H,1,13-19H2,2-11H3,(H,35,43)(H,36,42)(H2,37,38,45)/t22?,23?,24-,25+,27-/m1/s1. The Hall–Kier alpha value is -3.64. The van der Waals surface area contributed by atoms with Crippen LogP contribution in [0.2, 0.25) is 0 Å². The van der Waals surface area contributed by atoms with Gasteiger partial charge in [0.1, 0.15) is 12.1 Å². The van der Waals surface area contributed by atoms with Crippen molar-refractivity contribution in [2.24, 2.45) is 28.6 Å². The lowest BCUT2D eigenvalue weighted by Gasteiger charge is -2.38. The van der Waals surface area contributed by atoms with Gasteiger partial charge >= 0.3 is 12.1 Å². The number of nitrogens with one attached hydrogen (secondary N) is 4. The first-order valence-electron chi connectivity index (χ1n) is 16.6. The lowest BCUT2D eigenvalue weighted by molar-refractivity contribution is -0.144. The van der Waals surface area contributed by atoms with Gasteiger partial charge in [0, 0.05) is 26.7 Å². The number of urea groups is 1. The molecule has 0 bridgehead atoms. The average molecular weight is 663 g/mol. The Morgan fingerprint density at radius 3 is 2.06 bits per heavy atom. The van der Waals surface area contributed by atoms with Crippen LogP contribution in [0.1, 0.15) is 81.1 Å². The molecule has 1 aliphatic carbocycles. The normalized spacial score (nSPS) is 20.0. The molecule has 1 saturated carbocycles. The molecule has 0 aromatic rings. The lowest BCUT2D eigenvalue weighted by atomic mass is 9.84. The number of ether oxygens (including phenoxy) is 1. The predicted molar refractivity (Wildman–Crippen MR) is 179 cm³/mol. The number of amides is 6. The molecule has 1 heterocycles. The summed E-state index contributed by atoms with van der Waals surface area (Å²) in [6.45, 7) is 19.4. The highest BCUT2D eigenvalue weighted by atomic mass is 16.5. The Labute approximate surface area is 280 Å². The third kappa shape index (κ3) is 11.2. The third-order valence-corrected chi connectivity index (χ3v) is 9.06. The highest BCUT2D eigenvalue weighted by molar-refractivity contribution is 6.38. The van der Waals surface area contributed by atoms with E-state index in [0.29, 0.717) is 19.4 Å². The van der Waals surface area contributed by atoms with Crippen LogP contribution in [0.4, 0.5) is 9.59 Å². The second-order valence-corrected chi connectivity index (χ2v) is 15.5. The molecule has 47 heavy (non-hydrogen) atoms. The monoisotopic (exact) mass is 662 g/mol. The summed E-state index contributed by atoms with van der Waals surface area (Å²) >= 11 is 0. The SMILES string of the molecule is C=CCNC(=O)C(=O)C(CC1CC1)NC(=O)[C@@H]1C(C(C)C)CCN1C(=O)[C@@H](NC(=O)N[C@H](CN(C)C(=O)OC)C(C)(C)C)C(C)(C)C. The smallest absolute Gasteiger partial charge is 0.409 e. The van der Waals surface area contributed by atoms with Crippen molar-refractivity contribution in [3.63, 3.8) is 0 Å². The van der Waals surface area contributed by atoms with E-state index in [1.807, 2.05) is 55.4 Å². The maximum Gasteiger partial charge on any atom is 0.409 e. The molecule has 6 amide bonds. The van der Waals surface area contributed by atoms with Crippen LogP contribution in [0.25, 0.3) is 0 Å². The molecule has 13 nitrogen and oxygen atoms in total. The minimum Gasteiger partial charge on any atom is -0.453 e. The van der Waals surface area contributed by atoms with Crippen molar-refractivity contribution in [1.29, 1.82) is 0 Å². The van der Waals surface area contributed by atoms with Crippen molar-refractivity contribution in [2.45, 2.75) is 105 Å². The van der Waals surface area contributed by atoms with Crippen molar-refractivity contribution in [1.82, 2.24) is 31.1 Å². The summed E-state index contributed by atoms with van der Waals surface area (Å²) < 4.78 is 4.80. The van der Waals surface area contributed by atoms with Gasteiger partial charge in [-0.15, -0.1) is 6.58 Å². The first-order valence-corrected chi connectivity index (χ1v) is 16.6. The first-order chi connectivity index (χ1) is 21.7. The molecule has 0 aromatic carbocycles. The Morgan fingerprint density at radius 1 is 0.957 bits per heavy atom. The summed E-state index contributed by atoms with van der Waals surface area (Å²) in [6, 6.07) is -3.97. The topological polar surface area (TPSA) is 166 Å². The van der Waals surface area contributed by atoms with Crippen LogP contribution in [0.15, 0.2) is 12.7 Å². The van der Waals surface area contributed by atoms with Crippen LogP contribution in [0.5, 0.6) is 0 Å². The number of carbonyl (C=O) groups is 6. The average Bonchev–Trinajstić information content (AvgIpc) is 3.68. The van der Waals surface area contributed by atoms with Crippen molar-refractivity contribution < 1.29 is 33.5 Å². The summed E-state index contributed by atoms with van der Waals surface area (Å²) in [4.78, 5) is 82.4. The summed E-state index contributed by atoms with van der Waals surface area (Å²) in [6.07, 6.45) is 3.70. The van der Waals surface area contributed by atoms with Crippen LogP contribution in [-0.4, -0.2) is 103 Å². The molecule has 1 saturated heterocycles. The van der Waals surface area contributed by atoms with Crippen molar-refractivity contribution >= 4 is 35.6 Å². The summed E-state index contributed by atoms with van der Waals surface area (Å²) in [5.41, 5.74) is -1.18. The second-order valence-electron chi connectivity index (χ2n) is 15.5. The van der Waals surface area contributed by atoms with Gasteiger partial charge in [-0.1, -0.05) is 74.3 Å². The molecular formula is C34H58N6O7. The zero-order chi connectivity index (χ0) is 35.9. The largest absolute Gasteiger partial charge is 0.453 e. The molecule has 0 spiro atoms. The van der Waals surface area contributed by atoms with E-state index in [2.05, 4.69) is 27.8 Å². The van der Waals surface area contributed by atoms with E-state index in [1.165, 1.54) is 23.0 Å². The number of likely N-dealkylation sites (tertiary alicyclic amines) is 1. The van der Waals surface area contributed by atoms with Gasteiger partial charge in [-0.05, 0) is 41.4 Å². The molecule has 2 aliphatic rings. The van der Waals surface area contributed by atoms with Gasteiger partial charge in [-0.2, -0.15) is 0 Å². The van der Waals surface area contributed by atoms with Crippen LogP contribution >= 0.6 is 0 Å². The highest BCUT2D eigenvalue weighted by Gasteiger charge is 2.48. The number of methoxy groups -OCH3 is 1. The fraction of sp³-hybridized carbons (Fsp3) is 0.765. The van der Waals surface area contributed by atoms with Gasteiger partial charge in [0.05, 0.1) is 19.2 Å². The fourth-order valence-corrected chi connectivity index (χ4v) is 5.87. The van der Waals surface area contributed by atoms with Crippen LogP contribution in [-0.2, 0) is 23.9 Å². The maximum atomic E-state index is 14.3. The maximum absolute atomic E-state index is 14.3. The third-order valence-electron chi connectivity index (χ3n) is 9.06. The number of nitrogens with zero attached hydrogens (tertiary/aromatic N) is 2. The number of carbonyl (C=O) groups excluding carboxylic acids is 6. The Balaban J connectivity index is 2.32. The number of hydrogen-bond acceptors (Lipinski definition) is 7. The first kappa shape index (κ1) is 39.5. The molecule has 266 valence electrons. The van der Waals surface area contributed by atoms with Gasteiger partial charge in [0.15, 0.2) is 0 Å². The van der Waals surface area contributed by atoms with Crippen LogP contribution in [0.3, 0.4) is 0 Å². The Kier molecular flexibility index (Phi) is 13.8. The lowest BCUT2D eigenvalue weighted by Crippen LogP contribution is -2.62. The van der Waals surface area contributed by atoms with Crippen molar-refractivity contribution in [3.05, 3.63) is 12.7 Å². The van der Waals surface area contributed by atoms with E-state index >= 15 is 0 Å². The van der Waals surface area contributed by atoms with Gasteiger partial charge in [0.25, 0.3) is 5.91 Å². The quantitative estimate of drug-likeness (QED) is 0.164. The molecule has 4 N–H and O–H groups in total. The molecule has 5 atom stereocenters. The summed E-state index contributed by atoms with van der Waals surface area (Å²) in [7, 11) is 2.86. The van der Waals surface area contributed by atoms with Gasteiger partial charge in [-0.3, -0.25) is 19.2 Å². The fourth-order valence-electron chi connectivity index (χ4n) is 5.87.